The summed E-state index contributed by atoms with van der Waals surface area (Å²) in [7, 11) is 0. The minimum atomic E-state index is 0.0963. The Labute approximate surface area is 122 Å². The molecule has 3 heterocycles. The summed E-state index contributed by atoms with van der Waals surface area (Å²) in [6.45, 7) is 3.62. The number of anilines is 1. The normalized spacial score (nSPS) is 18.3. The molecule has 5 nitrogen and oxygen atoms in total. The summed E-state index contributed by atoms with van der Waals surface area (Å²) in [5, 5.41) is 0.540. The van der Waals surface area contributed by atoms with Gasteiger partial charge in [0.1, 0.15) is 16.9 Å². The maximum atomic E-state index is 6.05. The van der Waals surface area contributed by atoms with E-state index in [1.54, 1.807) is 24.7 Å². The summed E-state index contributed by atoms with van der Waals surface area (Å²) in [4.78, 5) is 14.8. The molecule has 6 heteroatoms. The summed E-state index contributed by atoms with van der Waals surface area (Å²) in [5.74, 6) is 1.44. The average molecular weight is 291 g/mol. The van der Waals surface area contributed by atoms with Crippen molar-refractivity contribution < 1.29 is 4.74 Å². The van der Waals surface area contributed by atoms with Gasteiger partial charge in [-0.1, -0.05) is 11.6 Å². The summed E-state index contributed by atoms with van der Waals surface area (Å²) in [6, 6.07) is 3.68. The largest absolute Gasteiger partial charge is 0.487 e. The van der Waals surface area contributed by atoms with E-state index in [-0.39, 0.29) is 6.10 Å². The van der Waals surface area contributed by atoms with Crippen molar-refractivity contribution in [2.75, 3.05) is 18.0 Å². The third-order valence-electron chi connectivity index (χ3n) is 3.24. The Morgan fingerprint density at radius 1 is 1.35 bits per heavy atom. The molecule has 1 unspecified atom stereocenters. The number of pyridine rings is 1. The van der Waals surface area contributed by atoms with Crippen LogP contribution in [-0.2, 0) is 0 Å². The van der Waals surface area contributed by atoms with Crippen LogP contribution >= 0.6 is 11.6 Å². The first-order valence-corrected chi connectivity index (χ1v) is 6.91. The second-order valence-corrected chi connectivity index (χ2v) is 5.19. The number of aromatic nitrogens is 3. The predicted octanol–water partition coefficient (Wildman–Crippen LogP) is 2.49. The zero-order valence-corrected chi connectivity index (χ0v) is 11.9. The summed E-state index contributed by atoms with van der Waals surface area (Å²) in [5.41, 5.74) is 0.969. The van der Waals surface area contributed by atoms with E-state index in [0.717, 1.165) is 31.2 Å². The Balaban J connectivity index is 1.67. The Morgan fingerprint density at radius 2 is 2.25 bits per heavy atom. The molecule has 0 aromatic carbocycles. The Bertz CT molecular complexity index is 607. The zero-order valence-electron chi connectivity index (χ0n) is 11.2. The van der Waals surface area contributed by atoms with E-state index in [2.05, 4.69) is 19.9 Å². The number of nitrogens with zero attached hydrogens (tertiary/aromatic N) is 4. The smallest absolute Gasteiger partial charge is 0.225 e. The predicted molar refractivity (Wildman–Crippen MR) is 77.3 cm³/mol. The monoisotopic (exact) mass is 290 g/mol. The first-order chi connectivity index (χ1) is 9.72. The minimum Gasteiger partial charge on any atom is -0.487 e. The Hall–Kier alpha value is -1.88. The molecular formula is C14H15ClN4O. The molecule has 1 aliphatic rings. The second kappa shape index (κ2) is 5.63. The van der Waals surface area contributed by atoms with Gasteiger partial charge in [0.15, 0.2) is 0 Å². The van der Waals surface area contributed by atoms with Crippen molar-refractivity contribution >= 4 is 17.5 Å². The molecule has 2 aromatic rings. The Kier molecular flexibility index (Phi) is 3.69. The number of hydrogen-bond acceptors (Lipinski definition) is 5. The molecule has 2 aromatic heterocycles. The molecule has 0 spiro atoms. The van der Waals surface area contributed by atoms with Gasteiger partial charge in [0.25, 0.3) is 0 Å². The highest BCUT2D eigenvalue weighted by atomic mass is 35.5. The van der Waals surface area contributed by atoms with Crippen LogP contribution in [0.2, 0.25) is 5.02 Å². The van der Waals surface area contributed by atoms with Crippen LogP contribution < -0.4 is 9.64 Å². The molecule has 20 heavy (non-hydrogen) atoms. The van der Waals surface area contributed by atoms with E-state index in [1.807, 2.05) is 13.0 Å². The number of aryl methyl sites for hydroxylation is 1. The molecule has 1 saturated heterocycles. The van der Waals surface area contributed by atoms with Gasteiger partial charge in [-0.15, -0.1) is 0 Å². The lowest BCUT2D eigenvalue weighted by Gasteiger charge is -2.17. The second-order valence-electron chi connectivity index (χ2n) is 4.78. The average Bonchev–Trinajstić information content (AvgIpc) is 2.90. The van der Waals surface area contributed by atoms with Gasteiger partial charge >= 0.3 is 0 Å². The SMILES string of the molecule is Cc1ccnc(N2CCC(Oc3ccncc3Cl)C2)n1. The fourth-order valence-corrected chi connectivity index (χ4v) is 2.40. The molecule has 0 radical (unpaired) electrons. The number of ether oxygens (including phenoxy) is 1. The van der Waals surface area contributed by atoms with Crippen LogP contribution in [-0.4, -0.2) is 34.1 Å². The first-order valence-electron chi connectivity index (χ1n) is 6.53. The van der Waals surface area contributed by atoms with Crippen molar-refractivity contribution in [3.63, 3.8) is 0 Å². The van der Waals surface area contributed by atoms with Crippen LogP contribution in [0.15, 0.2) is 30.7 Å². The number of hydrogen-bond donors (Lipinski definition) is 0. The van der Waals surface area contributed by atoms with Crippen molar-refractivity contribution in [3.8, 4) is 5.75 Å². The third-order valence-corrected chi connectivity index (χ3v) is 3.52. The molecule has 0 bridgehead atoms. The molecule has 0 N–H and O–H groups in total. The summed E-state index contributed by atoms with van der Waals surface area (Å²) in [6.07, 6.45) is 6.07. The highest BCUT2D eigenvalue weighted by Gasteiger charge is 2.26. The third kappa shape index (κ3) is 2.82. The van der Waals surface area contributed by atoms with Crippen LogP contribution in [0.5, 0.6) is 5.75 Å². The summed E-state index contributed by atoms with van der Waals surface area (Å²) < 4.78 is 5.92. The van der Waals surface area contributed by atoms with E-state index >= 15 is 0 Å². The fourth-order valence-electron chi connectivity index (χ4n) is 2.23. The lowest BCUT2D eigenvalue weighted by Crippen LogP contribution is -2.26. The number of halogens is 1. The van der Waals surface area contributed by atoms with Crippen molar-refractivity contribution in [3.05, 3.63) is 41.4 Å². The highest BCUT2D eigenvalue weighted by molar-refractivity contribution is 6.31. The van der Waals surface area contributed by atoms with Crippen LogP contribution in [0.4, 0.5) is 5.95 Å². The fraction of sp³-hybridized carbons (Fsp3) is 0.357. The van der Waals surface area contributed by atoms with Gasteiger partial charge < -0.3 is 9.64 Å². The number of rotatable bonds is 3. The van der Waals surface area contributed by atoms with Gasteiger partial charge in [0, 0.05) is 43.3 Å². The van der Waals surface area contributed by atoms with Gasteiger partial charge in [-0.3, -0.25) is 4.98 Å². The molecule has 0 saturated carbocycles. The van der Waals surface area contributed by atoms with Gasteiger partial charge in [-0.25, -0.2) is 9.97 Å². The van der Waals surface area contributed by atoms with Crippen molar-refractivity contribution in [2.45, 2.75) is 19.4 Å². The van der Waals surface area contributed by atoms with E-state index in [1.165, 1.54) is 0 Å². The molecule has 0 aliphatic carbocycles. The molecule has 1 fully saturated rings. The quantitative estimate of drug-likeness (QED) is 0.869. The van der Waals surface area contributed by atoms with E-state index < -0.39 is 0 Å². The van der Waals surface area contributed by atoms with E-state index in [4.69, 9.17) is 16.3 Å². The van der Waals surface area contributed by atoms with Crippen molar-refractivity contribution in [2.24, 2.45) is 0 Å². The van der Waals surface area contributed by atoms with Crippen molar-refractivity contribution in [1.82, 2.24) is 15.0 Å². The Morgan fingerprint density at radius 3 is 3.05 bits per heavy atom. The van der Waals surface area contributed by atoms with Gasteiger partial charge in [0.05, 0.1) is 6.54 Å². The lowest BCUT2D eigenvalue weighted by molar-refractivity contribution is 0.225. The zero-order chi connectivity index (χ0) is 13.9. The summed E-state index contributed by atoms with van der Waals surface area (Å²) >= 11 is 6.05. The van der Waals surface area contributed by atoms with Gasteiger partial charge in [0.2, 0.25) is 5.95 Å². The van der Waals surface area contributed by atoms with Gasteiger partial charge in [-0.05, 0) is 13.0 Å². The van der Waals surface area contributed by atoms with E-state index in [0.29, 0.717) is 10.8 Å². The minimum absolute atomic E-state index is 0.0963. The molecule has 1 atom stereocenters. The van der Waals surface area contributed by atoms with E-state index in [9.17, 15) is 0 Å². The molecule has 1 aliphatic heterocycles. The lowest BCUT2D eigenvalue weighted by atomic mass is 10.3. The first kappa shape index (κ1) is 13.1. The maximum absolute atomic E-state index is 6.05. The van der Waals surface area contributed by atoms with Crippen LogP contribution in [0.1, 0.15) is 12.1 Å². The van der Waals surface area contributed by atoms with Crippen molar-refractivity contribution in [1.29, 1.82) is 0 Å². The maximum Gasteiger partial charge on any atom is 0.225 e. The highest BCUT2D eigenvalue weighted by Crippen LogP contribution is 2.26. The molecule has 0 amide bonds. The standard InChI is InChI=1S/C14H15ClN4O/c1-10-2-6-17-14(18-10)19-7-4-11(9-19)20-13-3-5-16-8-12(13)15/h2-3,5-6,8,11H,4,7,9H2,1H3. The van der Waals surface area contributed by atoms with Crippen LogP contribution in [0.3, 0.4) is 0 Å². The van der Waals surface area contributed by atoms with Crippen LogP contribution in [0, 0.1) is 6.92 Å². The molecule has 3 rings (SSSR count). The van der Waals surface area contributed by atoms with Crippen LogP contribution in [0.25, 0.3) is 0 Å². The topological polar surface area (TPSA) is 51.1 Å². The van der Waals surface area contributed by atoms with Gasteiger partial charge in [-0.2, -0.15) is 0 Å². The molecule has 104 valence electrons. The molecular weight excluding hydrogens is 276 g/mol.